The van der Waals surface area contributed by atoms with E-state index in [1.54, 1.807) is 61.6 Å². The van der Waals surface area contributed by atoms with Gasteiger partial charge < -0.3 is 14.8 Å². The minimum absolute atomic E-state index is 0.294. The second-order valence-corrected chi connectivity index (χ2v) is 6.12. The molecule has 6 nitrogen and oxygen atoms in total. The van der Waals surface area contributed by atoms with Gasteiger partial charge in [-0.1, -0.05) is 11.6 Å². The van der Waals surface area contributed by atoms with Crippen molar-refractivity contribution < 1.29 is 14.3 Å². The van der Waals surface area contributed by atoms with Crippen molar-refractivity contribution in [2.75, 3.05) is 31.0 Å². The Morgan fingerprint density at radius 3 is 2.50 bits per heavy atom. The van der Waals surface area contributed by atoms with Crippen LogP contribution in [0.15, 0.2) is 47.5 Å². The smallest absolute Gasteiger partial charge is 0.331 e. The van der Waals surface area contributed by atoms with Gasteiger partial charge in [0, 0.05) is 18.7 Å². The van der Waals surface area contributed by atoms with E-state index in [0.717, 1.165) is 24.4 Å². The van der Waals surface area contributed by atoms with Crippen molar-refractivity contribution in [2.24, 2.45) is 4.99 Å². The van der Waals surface area contributed by atoms with Crippen molar-refractivity contribution in [3.63, 3.8) is 0 Å². The van der Waals surface area contributed by atoms with Gasteiger partial charge in [0.05, 0.1) is 24.9 Å². The van der Waals surface area contributed by atoms with Gasteiger partial charge in [-0.25, -0.2) is 4.79 Å². The predicted octanol–water partition coefficient (Wildman–Crippen LogP) is 4.59. The van der Waals surface area contributed by atoms with Gasteiger partial charge in [-0.15, -0.1) is 0 Å². The quantitative estimate of drug-likeness (QED) is 0.852. The van der Waals surface area contributed by atoms with Crippen LogP contribution in [0.3, 0.4) is 0 Å². The first-order chi connectivity index (χ1) is 12.6. The van der Waals surface area contributed by atoms with Crippen molar-refractivity contribution in [1.29, 1.82) is 0 Å². The lowest BCUT2D eigenvalue weighted by atomic mass is 10.2. The molecular formula is C19H20ClN3O3. The number of methoxy groups -OCH3 is 2. The van der Waals surface area contributed by atoms with Gasteiger partial charge in [-0.2, -0.15) is 0 Å². The molecule has 2 aromatic rings. The van der Waals surface area contributed by atoms with Gasteiger partial charge in [0.2, 0.25) is 0 Å². The first-order valence-corrected chi connectivity index (χ1v) is 8.62. The van der Waals surface area contributed by atoms with Crippen molar-refractivity contribution >= 4 is 34.8 Å². The number of halogens is 1. The Kier molecular flexibility index (Phi) is 5.63. The number of nitrogens with one attached hydrogen (secondary N) is 1. The number of anilines is 2. The van der Waals surface area contributed by atoms with Crippen molar-refractivity contribution in [3.8, 4) is 11.5 Å². The molecule has 2 aromatic carbocycles. The Morgan fingerprint density at radius 2 is 1.92 bits per heavy atom. The predicted molar refractivity (Wildman–Crippen MR) is 104 cm³/mol. The first kappa shape index (κ1) is 18.1. The number of urea groups is 1. The van der Waals surface area contributed by atoms with Gasteiger partial charge in [0.25, 0.3) is 0 Å². The monoisotopic (exact) mass is 373 g/mol. The normalized spacial score (nSPS) is 13.1. The Hall–Kier alpha value is -2.73. The van der Waals surface area contributed by atoms with E-state index < -0.39 is 0 Å². The van der Waals surface area contributed by atoms with E-state index in [0.29, 0.717) is 28.7 Å². The van der Waals surface area contributed by atoms with Crippen LogP contribution in [-0.2, 0) is 0 Å². The van der Waals surface area contributed by atoms with Crippen molar-refractivity contribution in [3.05, 3.63) is 47.5 Å². The number of hydrogen-bond donors (Lipinski definition) is 1. The van der Waals surface area contributed by atoms with E-state index in [4.69, 9.17) is 21.1 Å². The summed E-state index contributed by atoms with van der Waals surface area (Å²) >= 11 is 6.24. The summed E-state index contributed by atoms with van der Waals surface area (Å²) in [5.41, 5.74) is 1.31. The molecule has 136 valence electrons. The first-order valence-electron chi connectivity index (χ1n) is 8.24. The molecule has 0 saturated carbocycles. The molecular weight excluding hydrogens is 354 g/mol. The van der Waals surface area contributed by atoms with Crippen LogP contribution >= 0.6 is 11.6 Å². The van der Waals surface area contributed by atoms with Crippen LogP contribution in [-0.4, -0.2) is 32.6 Å². The van der Waals surface area contributed by atoms with Gasteiger partial charge in [-0.3, -0.25) is 9.89 Å². The van der Waals surface area contributed by atoms with Gasteiger partial charge >= 0.3 is 6.03 Å². The van der Waals surface area contributed by atoms with Crippen LogP contribution in [0, 0.1) is 0 Å². The van der Waals surface area contributed by atoms with Crippen LogP contribution in [0.25, 0.3) is 0 Å². The third kappa shape index (κ3) is 3.91. The number of carbonyl (C=O) groups excluding carboxylic acids is 1. The molecule has 0 saturated heterocycles. The average Bonchev–Trinajstić information content (AvgIpc) is 3.17. The number of aliphatic imine (C=N–C) groups is 1. The molecule has 0 aliphatic carbocycles. The third-order valence-corrected chi connectivity index (χ3v) is 4.34. The van der Waals surface area contributed by atoms with Crippen LogP contribution in [0.5, 0.6) is 11.5 Å². The Labute approximate surface area is 157 Å². The molecule has 0 atom stereocenters. The Balaban J connectivity index is 1.88. The number of amidine groups is 1. The highest BCUT2D eigenvalue weighted by atomic mass is 35.5. The van der Waals surface area contributed by atoms with E-state index in [2.05, 4.69) is 10.3 Å². The molecule has 3 rings (SSSR count). The molecule has 1 aliphatic heterocycles. The highest BCUT2D eigenvalue weighted by Crippen LogP contribution is 2.31. The van der Waals surface area contributed by atoms with Crippen LogP contribution < -0.4 is 19.7 Å². The summed E-state index contributed by atoms with van der Waals surface area (Å²) in [5, 5.41) is 3.33. The molecule has 0 bridgehead atoms. The fourth-order valence-electron chi connectivity index (χ4n) is 2.74. The molecule has 0 unspecified atom stereocenters. The molecule has 2 amide bonds. The minimum atomic E-state index is -0.294. The number of amides is 2. The molecule has 1 heterocycles. The molecule has 0 spiro atoms. The molecule has 0 aromatic heterocycles. The van der Waals surface area contributed by atoms with Crippen LogP contribution in [0.1, 0.15) is 12.8 Å². The van der Waals surface area contributed by atoms with Gasteiger partial charge in [0.1, 0.15) is 17.3 Å². The number of rotatable bonds is 4. The highest BCUT2D eigenvalue weighted by molar-refractivity contribution is 6.32. The molecule has 1 aliphatic rings. The summed E-state index contributed by atoms with van der Waals surface area (Å²) in [5.74, 6) is 2.00. The summed E-state index contributed by atoms with van der Waals surface area (Å²) in [6, 6.07) is 12.1. The molecule has 26 heavy (non-hydrogen) atoms. The maximum Gasteiger partial charge on any atom is 0.331 e. The minimum Gasteiger partial charge on any atom is -0.497 e. The zero-order valence-corrected chi connectivity index (χ0v) is 15.4. The van der Waals surface area contributed by atoms with Crippen LogP contribution in [0.2, 0.25) is 5.02 Å². The fraction of sp³-hybridized carbons (Fsp3) is 0.263. The summed E-state index contributed by atoms with van der Waals surface area (Å²) in [4.78, 5) is 19.0. The number of ether oxygens (including phenoxy) is 2. The highest BCUT2D eigenvalue weighted by Gasteiger charge is 2.24. The Bertz CT molecular complexity index is 821. The largest absolute Gasteiger partial charge is 0.497 e. The zero-order valence-electron chi connectivity index (χ0n) is 14.7. The average molecular weight is 374 g/mol. The fourth-order valence-corrected chi connectivity index (χ4v) is 2.99. The molecule has 0 fully saturated rings. The second-order valence-electron chi connectivity index (χ2n) is 5.71. The standard InChI is InChI=1S/C19H20ClN3O3/c1-25-15-8-5-13(6-9-15)22-19(24)23(18-4-3-11-21-18)14-7-10-17(26-2)16(20)12-14/h5-10,12H,3-4,11H2,1-2H3,(H,22,24). The maximum atomic E-state index is 12.9. The van der Waals surface area contributed by atoms with E-state index in [-0.39, 0.29) is 6.03 Å². The van der Waals surface area contributed by atoms with E-state index in [1.165, 1.54) is 0 Å². The number of benzene rings is 2. The van der Waals surface area contributed by atoms with E-state index >= 15 is 0 Å². The number of nitrogens with zero attached hydrogens (tertiary/aromatic N) is 2. The topological polar surface area (TPSA) is 63.2 Å². The summed E-state index contributed by atoms with van der Waals surface area (Å²) in [7, 11) is 3.15. The van der Waals surface area contributed by atoms with Gasteiger partial charge in [-0.05, 0) is 48.9 Å². The number of carbonyl (C=O) groups is 1. The summed E-state index contributed by atoms with van der Waals surface area (Å²) in [6.07, 6.45) is 1.66. The lowest BCUT2D eigenvalue weighted by molar-refractivity contribution is 0.259. The van der Waals surface area contributed by atoms with Crippen molar-refractivity contribution in [1.82, 2.24) is 0 Å². The van der Waals surface area contributed by atoms with E-state index in [1.807, 2.05) is 0 Å². The summed E-state index contributed by atoms with van der Waals surface area (Å²) in [6.45, 7) is 0.714. The number of hydrogen-bond acceptors (Lipinski definition) is 4. The zero-order chi connectivity index (χ0) is 18.5. The maximum absolute atomic E-state index is 12.9. The Morgan fingerprint density at radius 1 is 1.15 bits per heavy atom. The third-order valence-electron chi connectivity index (χ3n) is 4.05. The van der Waals surface area contributed by atoms with Crippen LogP contribution in [0.4, 0.5) is 16.2 Å². The van der Waals surface area contributed by atoms with Crippen molar-refractivity contribution in [2.45, 2.75) is 12.8 Å². The SMILES string of the molecule is COc1ccc(NC(=O)N(C2=NCCC2)c2ccc(OC)c(Cl)c2)cc1. The lowest BCUT2D eigenvalue weighted by Crippen LogP contribution is -2.39. The second kappa shape index (κ2) is 8.10. The molecule has 7 heteroatoms. The van der Waals surface area contributed by atoms with E-state index in [9.17, 15) is 4.79 Å². The lowest BCUT2D eigenvalue weighted by Gasteiger charge is -2.23. The van der Waals surface area contributed by atoms with Gasteiger partial charge in [0.15, 0.2) is 0 Å². The summed E-state index contributed by atoms with van der Waals surface area (Å²) < 4.78 is 10.3. The molecule has 0 radical (unpaired) electrons. The molecule has 1 N–H and O–H groups in total.